The molecule has 0 unspecified atom stereocenters. The van der Waals surface area contributed by atoms with Gasteiger partial charge in [0.1, 0.15) is 0 Å². The fourth-order valence-electron chi connectivity index (χ4n) is 3.97. The van der Waals surface area contributed by atoms with Crippen molar-refractivity contribution in [1.29, 1.82) is 0 Å². The first-order chi connectivity index (χ1) is 13.6. The Bertz CT molecular complexity index is 703. The van der Waals surface area contributed by atoms with E-state index in [-0.39, 0.29) is 23.6 Å². The lowest BCUT2D eigenvalue weighted by molar-refractivity contribution is -0.138. The molecule has 0 radical (unpaired) electrons. The van der Waals surface area contributed by atoms with Crippen molar-refractivity contribution in [1.82, 2.24) is 20.0 Å². The summed E-state index contributed by atoms with van der Waals surface area (Å²) < 4.78 is 0. The van der Waals surface area contributed by atoms with Gasteiger partial charge in [0.2, 0.25) is 11.8 Å². The highest BCUT2D eigenvalue weighted by Crippen LogP contribution is 2.23. The van der Waals surface area contributed by atoms with Gasteiger partial charge < -0.3 is 15.1 Å². The molecule has 152 valence electrons. The summed E-state index contributed by atoms with van der Waals surface area (Å²) in [5.74, 6) is 0.409. The number of piperazine rings is 1. The van der Waals surface area contributed by atoms with Crippen LogP contribution in [0.2, 0.25) is 0 Å². The third-order valence-electron chi connectivity index (χ3n) is 5.86. The lowest BCUT2D eigenvalue weighted by Crippen LogP contribution is -2.53. The van der Waals surface area contributed by atoms with Gasteiger partial charge in [-0.2, -0.15) is 0 Å². The van der Waals surface area contributed by atoms with Crippen LogP contribution in [-0.4, -0.2) is 84.3 Å². The molecule has 1 N–H and O–H groups in total. The molecule has 1 aromatic heterocycles. The fraction of sp³-hybridized carbons (Fsp3) is 0.650. The van der Waals surface area contributed by atoms with Gasteiger partial charge in [-0.05, 0) is 37.1 Å². The summed E-state index contributed by atoms with van der Waals surface area (Å²) in [5.41, 5.74) is 0. The summed E-state index contributed by atoms with van der Waals surface area (Å²) in [5, 5.41) is 4.93. The van der Waals surface area contributed by atoms with Gasteiger partial charge in [-0.1, -0.05) is 6.07 Å². The molecule has 0 atom stereocenters. The van der Waals surface area contributed by atoms with Crippen LogP contribution in [0.4, 0.5) is 0 Å². The standard InChI is InChI=1S/C20H28N4O3S/c25-18(21-16-3-4-16)14-22-9-11-24(12-10-22)19(26)15-5-7-23(8-6-15)20(27)17-2-1-13-28-17/h1-2,13,15-16H,3-12,14H2,(H,21,25). The summed E-state index contributed by atoms with van der Waals surface area (Å²) in [6.07, 6.45) is 3.68. The summed E-state index contributed by atoms with van der Waals surface area (Å²) in [6.45, 7) is 4.59. The minimum absolute atomic E-state index is 0.0112. The molecule has 2 saturated heterocycles. The maximum absolute atomic E-state index is 12.9. The van der Waals surface area contributed by atoms with Crippen LogP contribution < -0.4 is 5.32 Å². The van der Waals surface area contributed by atoms with E-state index in [1.54, 1.807) is 0 Å². The van der Waals surface area contributed by atoms with E-state index in [1.807, 2.05) is 27.3 Å². The summed E-state index contributed by atoms with van der Waals surface area (Å²) in [6, 6.07) is 4.14. The van der Waals surface area contributed by atoms with E-state index in [4.69, 9.17) is 0 Å². The van der Waals surface area contributed by atoms with Gasteiger partial charge in [0, 0.05) is 51.2 Å². The summed E-state index contributed by atoms with van der Waals surface area (Å²) in [7, 11) is 0. The Hall–Kier alpha value is -1.93. The van der Waals surface area contributed by atoms with Crippen molar-refractivity contribution in [2.24, 2.45) is 5.92 Å². The summed E-state index contributed by atoms with van der Waals surface area (Å²) in [4.78, 5) is 43.9. The van der Waals surface area contributed by atoms with Gasteiger partial charge in [-0.15, -0.1) is 11.3 Å². The summed E-state index contributed by atoms with van der Waals surface area (Å²) >= 11 is 1.47. The molecule has 3 amide bonds. The molecule has 0 bridgehead atoms. The molecule has 1 aliphatic carbocycles. The number of thiophene rings is 1. The average Bonchev–Trinajstić information content (AvgIpc) is 3.35. The van der Waals surface area contributed by atoms with Crippen molar-refractivity contribution in [3.05, 3.63) is 22.4 Å². The molecule has 28 heavy (non-hydrogen) atoms. The van der Waals surface area contributed by atoms with Crippen molar-refractivity contribution < 1.29 is 14.4 Å². The zero-order valence-electron chi connectivity index (χ0n) is 16.1. The quantitative estimate of drug-likeness (QED) is 0.795. The van der Waals surface area contributed by atoms with E-state index in [2.05, 4.69) is 10.2 Å². The Labute approximate surface area is 169 Å². The third kappa shape index (κ3) is 4.72. The minimum atomic E-state index is 0.0112. The predicted octanol–water partition coefficient (Wildman–Crippen LogP) is 1.02. The van der Waals surface area contributed by atoms with Gasteiger partial charge in [-0.25, -0.2) is 0 Å². The molecule has 3 aliphatic rings. The number of carbonyl (C=O) groups is 3. The second kappa shape index (κ2) is 8.61. The second-order valence-corrected chi connectivity index (χ2v) is 8.93. The first-order valence-electron chi connectivity index (χ1n) is 10.2. The molecule has 3 heterocycles. The lowest BCUT2D eigenvalue weighted by atomic mass is 9.95. The molecule has 4 rings (SSSR count). The normalized spacial score (nSPS) is 21.6. The van der Waals surface area contributed by atoms with Crippen LogP contribution in [0.5, 0.6) is 0 Å². The van der Waals surface area contributed by atoms with Crippen molar-refractivity contribution in [3.8, 4) is 0 Å². The Morgan fingerprint density at radius 1 is 0.964 bits per heavy atom. The highest BCUT2D eigenvalue weighted by Gasteiger charge is 2.32. The van der Waals surface area contributed by atoms with Crippen LogP contribution in [0.1, 0.15) is 35.4 Å². The van der Waals surface area contributed by atoms with Crippen molar-refractivity contribution >= 4 is 29.1 Å². The van der Waals surface area contributed by atoms with Crippen LogP contribution in [0.25, 0.3) is 0 Å². The highest BCUT2D eigenvalue weighted by molar-refractivity contribution is 7.12. The van der Waals surface area contributed by atoms with E-state index in [9.17, 15) is 14.4 Å². The highest BCUT2D eigenvalue weighted by atomic mass is 32.1. The third-order valence-corrected chi connectivity index (χ3v) is 6.71. The SMILES string of the molecule is O=C(CN1CCN(C(=O)C2CCN(C(=O)c3cccs3)CC2)CC1)NC1CC1. The van der Waals surface area contributed by atoms with E-state index in [1.165, 1.54) is 11.3 Å². The average molecular weight is 405 g/mol. The number of nitrogens with one attached hydrogen (secondary N) is 1. The molecule has 1 aromatic rings. The minimum Gasteiger partial charge on any atom is -0.352 e. The Balaban J connectivity index is 1.19. The van der Waals surface area contributed by atoms with E-state index >= 15 is 0 Å². The molecular formula is C20H28N4O3S. The zero-order valence-corrected chi connectivity index (χ0v) is 17.0. The number of rotatable bonds is 5. The van der Waals surface area contributed by atoms with Crippen molar-refractivity contribution in [2.75, 3.05) is 45.8 Å². The van der Waals surface area contributed by atoms with Gasteiger partial charge in [0.25, 0.3) is 5.91 Å². The molecule has 0 aromatic carbocycles. The van der Waals surface area contributed by atoms with Crippen LogP contribution in [0.15, 0.2) is 17.5 Å². The molecule has 2 aliphatic heterocycles. The molecule has 8 heteroatoms. The first-order valence-corrected chi connectivity index (χ1v) is 11.1. The zero-order chi connectivity index (χ0) is 19.5. The Morgan fingerprint density at radius 3 is 2.29 bits per heavy atom. The topological polar surface area (TPSA) is 73.0 Å². The van der Waals surface area contributed by atoms with E-state index in [0.29, 0.717) is 38.8 Å². The first kappa shape index (κ1) is 19.4. The van der Waals surface area contributed by atoms with Crippen molar-refractivity contribution in [3.63, 3.8) is 0 Å². The monoisotopic (exact) mass is 404 g/mol. The Morgan fingerprint density at radius 2 is 1.68 bits per heavy atom. The number of carbonyl (C=O) groups excluding carboxylic acids is 3. The maximum Gasteiger partial charge on any atom is 0.263 e. The Kier molecular flexibility index (Phi) is 5.96. The second-order valence-electron chi connectivity index (χ2n) is 7.99. The molecule has 7 nitrogen and oxygen atoms in total. The number of piperidine rings is 1. The van der Waals surface area contributed by atoms with Crippen LogP contribution in [0, 0.1) is 5.92 Å². The van der Waals surface area contributed by atoms with Gasteiger partial charge >= 0.3 is 0 Å². The lowest BCUT2D eigenvalue weighted by Gasteiger charge is -2.38. The number of likely N-dealkylation sites (tertiary alicyclic amines) is 1. The number of hydrogen-bond donors (Lipinski definition) is 1. The number of hydrogen-bond acceptors (Lipinski definition) is 5. The van der Waals surface area contributed by atoms with Gasteiger partial charge in [0.15, 0.2) is 0 Å². The maximum atomic E-state index is 12.9. The number of nitrogens with zero attached hydrogens (tertiary/aromatic N) is 3. The van der Waals surface area contributed by atoms with E-state index < -0.39 is 0 Å². The smallest absolute Gasteiger partial charge is 0.263 e. The van der Waals surface area contributed by atoms with Crippen LogP contribution in [-0.2, 0) is 9.59 Å². The largest absolute Gasteiger partial charge is 0.352 e. The van der Waals surface area contributed by atoms with Gasteiger partial charge in [0.05, 0.1) is 11.4 Å². The predicted molar refractivity (Wildman–Crippen MR) is 107 cm³/mol. The van der Waals surface area contributed by atoms with Crippen molar-refractivity contribution in [2.45, 2.75) is 31.7 Å². The van der Waals surface area contributed by atoms with Crippen LogP contribution in [0.3, 0.4) is 0 Å². The molecule has 1 saturated carbocycles. The van der Waals surface area contributed by atoms with Crippen LogP contribution >= 0.6 is 11.3 Å². The molecule has 3 fully saturated rings. The van der Waals surface area contributed by atoms with Gasteiger partial charge in [-0.3, -0.25) is 19.3 Å². The number of amides is 3. The molecule has 0 spiro atoms. The molecular weight excluding hydrogens is 376 g/mol. The fourth-order valence-corrected chi connectivity index (χ4v) is 4.67. The van der Waals surface area contributed by atoms with E-state index in [0.717, 1.165) is 43.6 Å².